The summed E-state index contributed by atoms with van der Waals surface area (Å²) in [6, 6.07) is 1.09. The molecule has 0 bridgehead atoms. The number of benzene rings is 1. The first kappa shape index (κ1) is 13.8. The van der Waals surface area contributed by atoms with Crippen LogP contribution < -0.4 is 5.32 Å². The molecule has 0 aliphatic rings. The number of halogens is 2. The van der Waals surface area contributed by atoms with Crippen molar-refractivity contribution in [3.05, 3.63) is 35.4 Å². The monoisotopic (exact) mass is 257 g/mol. The van der Waals surface area contributed by atoms with Crippen LogP contribution in [-0.2, 0) is 9.59 Å². The molecule has 0 saturated carbocycles. The third kappa shape index (κ3) is 3.34. The summed E-state index contributed by atoms with van der Waals surface area (Å²) in [4.78, 5) is 32.4. The van der Waals surface area contributed by atoms with Gasteiger partial charge >= 0.3 is 5.97 Å². The van der Waals surface area contributed by atoms with Gasteiger partial charge in [-0.25, -0.2) is 13.6 Å². The molecule has 0 aromatic heterocycles. The van der Waals surface area contributed by atoms with E-state index in [1.165, 1.54) is 0 Å². The van der Waals surface area contributed by atoms with Crippen LogP contribution in [0.2, 0.25) is 0 Å². The van der Waals surface area contributed by atoms with Gasteiger partial charge in [-0.3, -0.25) is 9.59 Å². The first-order chi connectivity index (χ1) is 8.45. The minimum absolute atomic E-state index is 0.150. The highest BCUT2D eigenvalue weighted by Gasteiger charge is 2.21. The van der Waals surface area contributed by atoms with Crippen LogP contribution >= 0.6 is 0 Å². The molecule has 0 aliphatic carbocycles. The van der Waals surface area contributed by atoms with Crippen molar-refractivity contribution in [2.75, 3.05) is 0 Å². The van der Waals surface area contributed by atoms with Crippen molar-refractivity contribution in [3.8, 4) is 0 Å². The van der Waals surface area contributed by atoms with E-state index in [1.54, 1.807) is 0 Å². The van der Waals surface area contributed by atoms with E-state index >= 15 is 0 Å². The van der Waals surface area contributed by atoms with Gasteiger partial charge in [-0.05, 0) is 18.2 Å². The van der Waals surface area contributed by atoms with Crippen molar-refractivity contribution >= 4 is 18.2 Å². The number of hydrogen-bond donors (Lipinski definition) is 2. The molecule has 1 unspecified atom stereocenters. The molecule has 0 heterocycles. The highest BCUT2D eigenvalue weighted by Crippen LogP contribution is 2.11. The second-order valence-corrected chi connectivity index (χ2v) is 3.43. The third-order valence-corrected chi connectivity index (χ3v) is 2.20. The number of aliphatic carboxylic acids is 1. The molecule has 0 aliphatic heterocycles. The van der Waals surface area contributed by atoms with Gasteiger partial charge in [0, 0.05) is 12.0 Å². The van der Waals surface area contributed by atoms with E-state index in [1.807, 2.05) is 5.32 Å². The fourth-order valence-corrected chi connectivity index (χ4v) is 1.27. The van der Waals surface area contributed by atoms with Crippen LogP contribution in [0.5, 0.6) is 0 Å². The molecule has 0 saturated heterocycles. The van der Waals surface area contributed by atoms with Crippen molar-refractivity contribution in [1.82, 2.24) is 5.32 Å². The summed E-state index contributed by atoms with van der Waals surface area (Å²) in [7, 11) is 0. The highest BCUT2D eigenvalue weighted by molar-refractivity contribution is 5.99. The van der Waals surface area contributed by atoms with Gasteiger partial charge in [0.2, 0.25) is 6.41 Å². The SMILES string of the molecule is O=CNC(CC(=O)c1ccc(F)c(F)c1)C(=O)O. The number of amides is 1. The first-order valence-electron chi connectivity index (χ1n) is 4.86. The number of hydrogen-bond acceptors (Lipinski definition) is 3. The average Bonchev–Trinajstić information content (AvgIpc) is 2.31. The van der Waals surface area contributed by atoms with Gasteiger partial charge < -0.3 is 10.4 Å². The molecule has 1 aromatic carbocycles. The van der Waals surface area contributed by atoms with Gasteiger partial charge in [-0.2, -0.15) is 0 Å². The maximum Gasteiger partial charge on any atom is 0.326 e. The zero-order valence-corrected chi connectivity index (χ0v) is 9.02. The molecule has 96 valence electrons. The summed E-state index contributed by atoms with van der Waals surface area (Å²) >= 11 is 0. The summed E-state index contributed by atoms with van der Waals surface area (Å²) in [5, 5.41) is 10.6. The Kier molecular flexibility index (Phi) is 4.47. The molecule has 1 aromatic rings. The molecule has 0 spiro atoms. The van der Waals surface area contributed by atoms with E-state index in [-0.39, 0.29) is 12.0 Å². The van der Waals surface area contributed by atoms with E-state index in [0.29, 0.717) is 6.07 Å². The van der Waals surface area contributed by atoms with Gasteiger partial charge in [0.1, 0.15) is 6.04 Å². The largest absolute Gasteiger partial charge is 0.480 e. The number of nitrogens with one attached hydrogen (secondary N) is 1. The van der Waals surface area contributed by atoms with Gasteiger partial charge in [-0.15, -0.1) is 0 Å². The maximum atomic E-state index is 12.9. The van der Waals surface area contributed by atoms with E-state index < -0.39 is 35.8 Å². The van der Waals surface area contributed by atoms with Crippen LogP contribution in [0.15, 0.2) is 18.2 Å². The third-order valence-electron chi connectivity index (χ3n) is 2.20. The van der Waals surface area contributed by atoms with Crippen molar-refractivity contribution in [2.45, 2.75) is 12.5 Å². The quantitative estimate of drug-likeness (QED) is 0.581. The van der Waals surface area contributed by atoms with Gasteiger partial charge in [0.25, 0.3) is 0 Å². The normalized spacial score (nSPS) is 11.7. The molecule has 1 rings (SSSR count). The number of carboxylic acids is 1. The van der Waals surface area contributed by atoms with Crippen LogP contribution in [0.3, 0.4) is 0 Å². The van der Waals surface area contributed by atoms with Gasteiger partial charge in [0.15, 0.2) is 17.4 Å². The molecule has 5 nitrogen and oxygen atoms in total. The Hall–Kier alpha value is -2.31. The Bertz CT molecular complexity index is 490. The van der Waals surface area contributed by atoms with Crippen LogP contribution in [0, 0.1) is 11.6 Å². The Labute approximate surface area is 100 Å². The predicted molar refractivity (Wildman–Crippen MR) is 55.9 cm³/mol. The molecule has 2 N–H and O–H groups in total. The van der Waals surface area contributed by atoms with E-state index in [0.717, 1.165) is 12.1 Å². The number of carbonyl (C=O) groups is 3. The lowest BCUT2D eigenvalue weighted by Crippen LogP contribution is -2.37. The summed E-state index contributed by atoms with van der Waals surface area (Å²) in [5.74, 6) is -4.41. The van der Waals surface area contributed by atoms with Gasteiger partial charge in [-0.1, -0.05) is 0 Å². The Morgan fingerprint density at radius 3 is 2.50 bits per heavy atom. The van der Waals surface area contributed by atoms with Crippen LogP contribution in [0.25, 0.3) is 0 Å². The zero-order valence-electron chi connectivity index (χ0n) is 9.02. The van der Waals surface area contributed by atoms with E-state index in [4.69, 9.17) is 5.11 Å². The molecule has 7 heteroatoms. The number of Topliss-reactive ketones (excluding diaryl/α,β-unsaturated/α-hetero) is 1. The predicted octanol–water partition coefficient (Wildman–Crippen LogP) is 0.737. The summed E-state index contributed by atoms with van der Waals surface area (Å²) in [5.41, 5.74) is -0.159. The maximum absolute atomic E-state index is 12.9. The van der Waals surface area contributed by atoms with E-state index in [9.17, 15) is 23.2 Å². The molecule has 1 atom stereocenters. The minimum atomic E-state index is -1.40. The average molecular weight is 257 g/mol. The van der Waals surface area contributed by atoms with Crippen LogP contribution in [0.1, 0.15) is 16.8 Å². The first-order valence-corrected chi connectivity index (χ1v) is 4.86. The summed E-state index contributed by atoms with van der Waals surface area (Å²) in [6.45, 7) is 0. The molecule has 1 amide bonds. The lowest BCUT2D eigenvalue weighted by molar-refractivity contribution is -0.140. The number of ketones is 1. The lowest BCUT2D eigenvalue weighted by Gasteiger charge is -2.10. The second-order valence-electron chi connectivity index (χ2n) is 3.43. The zero-order chi connectivity index (χ0) is 13.7. The second kappa shape index (κ2) is 5.85. The lowest BCUT2D eigenvalue weighted by atomic mass is 10.0. The van der Waals surface area contributed by atoms with Crippen molar-refractivity contribution in [2.24, 2.45) is 0 Å². The van der Waals surface area contributed by atoms with E-state index in [2.05, 4.69) is 0 Å². The van der Waals surface area contributed by atoms with Crippen LogP contribution in [0.4, 0.5) is 8.78 Å². The standard InChI is InChI=1S/C11H9F2NO4/c12-7-2-1-6(3-8(7)13)10(16)4-9(11(17)18)14-5-15/h1-3,5,9H,4H2,(H,14,15)(H,17,18). The molecule has 18 heavy (non-hydrogen) atoms. The van der Waals surface area contributed by atoms with Crippen molar-refractivity contribution in [3.63, 3.8) is 0 Å². The summed E-state index contributed by atoms with van der Waals surface area (Å²) < 4.78 is 25.5. The number of carbonyl (C=O) groups excluding carboxylic acids is 2. The summed E-state index contributed by atoms with van der Waals surface area (Å²) in [6.07, 6.45) is -0.392. The fourth-order valence-electron chi connectivity index (χ4n) is 1.27. The Balaban J connectivity index is 2.83. The number of rotatable bonds is 6. The molecular formula is C11H9F2NO4. The van der Waals surface area contributed by atoms with Crippen LogP contribution in [-0.4, -0.2) is 29.3 Å². The van der Waals surface area contributed by atoms with Gasteiger partial charge in [0.05, 0.1) is 0 Å². The highest BCUT2D eigenvalue weighted by atomic mass is 19.2. The molecule has 0 radical (unpaired) electrons. The van der Waals surface area contributed by atoms with Crippen molar-refractivity contribution < 1.29 is 28.3 Å². The Morgan fingerprint density at radius 1 is 1.33 bits per heavy atom. The molecular weight excluding hydrogens is 248 g/mol. The molecule has 0 fully saturated rings. The smallest absolute Gasteiger partial charge is 0.326 e. The number of carboxylic acid groups (broad SMARTS) is 1. The minimum Gasteiger partial charge on any atom is -0.480 e. The van der Waals surface area contributed by atoms with Crippen molar-refractivity contribution in [1.29, 1.82) is 0 Å². The topological polar surface area (TPSA) is 83.5 Å². The Morgan fingerprint density at radius 2 is 2.00 bits per heavy atom. The fraction of sp³-hybridized carbons (Fsp3) is 0.182.